The SMILES string of the molecule is [O-][NH+]1CCC(Oc2ccc(F)cc2)C(O)C1. The van der Waals surface area contributed by atoms with Crippen molar-refractivity contribution in [3.63, 3.8) is 0 Å². The number of aliphatic hydroxyl groups excluding tert-OH is 1. The lowest BCUT2D eigenvalue weighted by molar-refractivity contribution is -0.858. The van der Waals surface area contributed by atoms with Crippen LogP contribution in [0.25, 0.3) is 0 Å². The van der Waals surface area contributed by atoms with Gasteiger partial charge in [-0.1, -0.05) is 0 Å². The number of halogens is 1. The molecule has 0 aliphatic carbocycles. The molecule has 3 atom stereocenters. The molecular formula is C11H14FNO3. The van der Waals surface area contributed by atoms with Gasteiger partial charge in [0.25, 0.3) is 0 Å². The molecule has 0 aromatic heterocycles. The highest BCUT2D eigenvalue weighted by atomic mass is 19.1. The number of hydrogen-bond donors (Lipinski definition) is 2. The summed E-state index contributed by atoms with van der Waals surface area (Å²) in [5, 5.41) is 20.7. The number of ether oxygens (including phenoxy) is 1. The van der Waals surface area contributed by atoms with Gasteiger partial charge < -0.3 is 20.1 Å². The van der Waals surface area contributed by atoms with Gasteiger partial charge in [-0.3, -0.25) is 0 Å². The summed E-state index contributed by atoms with van der Waals surface area (Å²) >= 11 is 0. The Hall–Kier alpha value is -1.17. The van der Waals surface area contributed by atoms with Crippen LogP contribution in [0.2, 0.25) is 0 Å². The minimum atomic E-state index is -0.758. The summed E-state index contributed by atoms with van der Waals surface area (Å²) in [7, 11) is 0. The van der Waals surface area contributed by atoms with E-state index in [2.05, 4.69) is 0 Å². The monoisotopic (exact) mass is 227 g/mol. The second-order valence-electron chi connectivity index (χ2n) is 3.96. The van der Waals surface area contributed by atoms with Gasteiger partial charge in [0.1, 0.15) is 30.3 Å². The minimum absolute atomic E-state index is 0.0615. The molecule has 1 aromatic carbocycles. The van der Waals surface area contributed by atoms with Gasteiger partial charge in [0, 0.05) is 6.42 Å². The zero-order chi connectivity index (χ0) is 11.5. The normalized spacial score (nSPS) is 30.1. The molecule has 1 aliphatic rings. The van der Waals surface area contributed by atoms with Crippen molar-refractivity contribution in [1.82, 2.24) is 0 Å². The Morgan fingerprint density at radius 3 is 2.69 bits per heavy atom. The third kappa shape index (κ3) is 2.69. The Labute approximate surface area is 92.8 Å². The smallest absolute Gasteiger partial charge is 0.140 e. The molecule has 5 heteroatoms. The molecule has 4 nitrogen and oxygen atoms in total. The van der Waals surface area contributed by atoms with Gasteiger partial charge in [0.05, 0.1) is 6.54 Å². The average molecular weight is 227 g/mol. The van der Waals surface area contributed by atoms with E-state index in [0.29, 0.717) is 18.7 Å². The van der Waals surface area contributed by atoms with Crippen molar-refractivity contribution in [3.05, 3.63) is 35.3 Å². The maximum absolute atomic E-state index is 12.6. The third-order valence-corrected chi connectivity index (χ3v) is 2.67. The zero-order valence-electron chi connectivity index (χ0n) is 8.73. The Balaban J connectivity index is 1.96. The number of aliphatic hydroxyl groups is 1. The highest BCUT2D eigenvalue weighted by Crippen LogP contribution is 2.16. The Kier molecular flexibility index (Phi) is 3.38. The van der Waals surface area contributed by atoms with E-state index < -0.39 is 6.10 Å². The average Bonchev–Trinajstić information content (AvgIpc) is 2.25. The molecule has 3 unspecified atom stereocenters. The molecule has 1 saturated heterocycles. The largest absolute Gasteiger partial charge is 0.634 e. The molecule has 1 aliphatic heterocycles. The van der Waals surface area contributed by atoms with Crippen LogP contribution < -0.4 is 9.80 Å². The lowest BCUT2D eigenvalue weighted by Crippen LogP contribution is -3.10. The summed E-state index contributed by atoms with van der Waals surface area (Å²) in [6.45, 7) is 0.578. The summed E-state index contributed by atoms with van der Waals surface area (Å²) in [6, 6.07) is 5.63. The van der Waals surface area contributed by atoms with E-state index in [4.69, 9.17) is 4.74 Å². The maximum Gasteiger partial charge on any atom is 0.140 e. The van der Waals surface area contributed by atoms with E-state index in [9.17, 15) is 14.7 Å². The quantitative estimate of drug-likeness (QED) is 0.683. The first-order valence-corrected chi connectivity index (χ1v) is 5.27. The van der Waals surface area contributed by atoms with Crippen LogP contribution in [-0.2, 0) is 0 Å². The second kappa shape index (κ2) is 4.78. The van der Waals surface area contributed by atoms with Crippen LogP contribution >= 0.6 is 0 Å². The molecular weight excluding hydrogens is 213 g/mol. The Morgan fingerprint density at radius 1 is 1.38 bits per heavy atom. The van der Waals surface area contributed by atoms with Crippen LogP contribution in [0.15, 0.2) is 24.3 Å². The molecule has 0 radical (unpaired) electrons. The fraction of sp³-hybridized carbons (Fsp3) is 0.455. The number of hydrogen-bond acceptors (Lipinski definition) is 3. The molecule has 1 aromatic rings. The molecule has 0 spiro atoms. The van der Waals surface area contributed by atoms with Crippen LogP contribution in [0.1, 0.15) is 6.42 Å². The molecule has 1 fully saturated rings. The maximum atomic E-state index is 12.6. The molecule has 88 valence electrons. The van der Waals surface area contributed by atoms with Gasteiger partial charge in [0.2, 0.25) is 0 Å². The van der Waals surface area contributed by atoms with Crippen molar-refractivity contribution in [3.8, 4) is 5.75 Å². The van der Waals surface area contributed by atoms with Crippen molar-refractivity contribution in [2.75, 3.05) is 13.1 Å². The third-order valence-electron chi connectivity index (χ3n) is 2.67. The van der Waals surface area contributed by atoms with E-state index >= 15 is 0 Å². The first kappa shape index (κ1) is 11.3. The van der Waals surface area contributed by atoms with Crippen molar-refractivity contribution in [2.45, 2.75) is 18.6 Å². The van der Waals surface area contributed by atoms with Gasteiger partial charge in [0.15, 0.2) is 0 Å². The number of hydroxylamine groups is 2. The topological polar surface area (TPSA) is 57.0 Å². The van der Waals surface area contributed by atoms with Crippen LogP contribution in [0.3, 0.4) is 0 Å². The highest BCUT2D eigenvalue weighted by molar-refractivity contribution is 5.22. The summed E-state index contributed by atoms with van der Waals surface area (Å²) in [5.41, 5.74) is 0. The summed E-state index contributed by atoms with van der Waals surface area (Å²) in [4.78, 5) is 0. The lowest BCUT2D eigenvalue weighted by atomic mass is 10.1. The van der Waals surface area contributed by atoms with Gasteiger partial charge in [-0.2, -0.15) is 0 Å². The summed E-state index contributed by atoms with van der Waals surface area (Å²) < 4.78 is 18.1. The first-order valence-electron chi connectivity index (χ1n) is 5.27. The summed E-state index contributed by atoms with van der Waals surface area (Å²) in [5.74, 6) is 0.187. The van der Waals surface area contributed by atoms with Gasteiger partial charge in [-0.05, 0) is 24.3 Å². The molecule has 1 heterocycles. The molecule has 2 N–H and O–H groups in total. The van der Waals surface area contributed by atoms with Gasteiger partial charge in [-0.15, -0.1) is 0 Å². The van der Waals surface area contributed by atoms with Crippen molar-refractivity contribution >= 4 is 0 Å². The number of benzene rings is 1. The fourth-order valence-electron chi connectivity index (χ4n) is 1.79. The van der Waals surface area contributed by atoms with E-state index in [0.717, 1.165) is 0 Å². The first-order chi connectivity index (χ1) is 7.65. The number of quaternary nitrogens is 1. The Bertz CT molecular complexity index is 344. The van der Waals surface area contributed by atoms with Crippen LogP contribution in [0.5, 0.6) is 5.75 Å². The zero-order valence-corrected chi connectivity index (χ0v) is 8.73. The predicted molar refractivity (Wildman–Crippen MR) is 55.5 cm³/mol. The Morgan fingerprint density at radius 2 is 2.06 bits per heavy atom. The molecule has 0 amide bonds. The lowest BCUT2D eigenvalue weighted by Gasteiger charge is -2.35. The standard InChI is InChI=1S/C11H14FNO3/c12-8-1-3-9(4-2-8)16-11-5-6-13(15)7-10(11)14/h1-4,10-11,13-14H,5-7H2. The van der Waals surface area contributed by atoms with Crippen molar-refractivity contribution in [2.24, 2.45) is 0 Å². The van der Waals surface area contributed by atoms with Gasteiger partial charge in [-0.25, -0.2) is 4.39 Å². The molecule has 2 rings (SSSR count). The van der Waals surface area contributed by atoms with Crippen LogP contribution in [0.4, 0.5) is 4.39 Å². The number of rotatable bonds is 2. The van der Waals surface area contributed by atoms with Crippen molar-refractivity contribution in [1.29, 1.82) is 0 Å². The van der Waals surface area contributed by atoms with E-state index in [1.807, 2.05) is 0 Å². The fourth-order valence-corrected chi connectivity index (χ4v) is 1.79. The summed E-state index contributed by atoms with van der Waals surface area (Å²) in [6.07, 6.45) is -0.619. The minimum Gasteiger partial charge on any atom is -0.634 e. The highest BCUT2D eigenvalue weighted by Gasteiger charge is 2.29. The second-order valence-corrected chi connectivity index (χ2v) is 3.96. The van der Waals surface area contributed by atoms with Gasteiger partial charge >= 0.3 is 0 Å². The molecule has 16 heavy (non-hydrogen) atoms. The number of piperidine rings is 1. The van der Waals surface area contributed by atoms with Crippen LogP contribution in [-0.4, -0.2) is 30.4 Å². The van der Waals surface area contributed by atoms with E-state index in [1.54, 1.807) is 0 Å². The predicted octanol–water partition coefficient (Wildman–Crippen LogP) is -0.280. The van der Waals surface area contributed by atoms with Crippen LogP contribution in [0, 0.1) is 11.0 Å². The molecule has 0 bridgehead atoms. The van der Waals surface area contributed by atoms with Crippen molar-refractivity contribution < 1.29 is 19.3 Å². The van der Waals surface area contributed by atoms with E-state index in [-0.39, 0.29) is 23.5 Å². The van der Waals surface area contributed by atoms with E-state index in [1.165, 1.54) is 24.3 Å². The molecule has 0 saturated carbocycles. The number of nitrogens with one attached hydrogen (secondary N) is 1.